The Morgan fingerprint density at radius 1 is 1.19 bits per heavy atom. The number of nitrogens with zero attached hydrogens (tertiary/aromatic N) is 2. The number of hydrogen-bond donors (Lipinski definition) is 0. The van der Waals surface area contributed by atoms with Crippen LogP contribution in [0.1, 0.15) is 53.4 Å². The Balaban J connectivity index is 2.35. The zero-order valence-corrected chi connectivity index (χ0v) is 11.9. The molecule has 0 aliphatic carbocycles. The Bertz CT molecular complexity index is 183. The summed E-state index contributed by atoms with van der Waals surface area (Å²) in [5.74, 6) is 0. The van der Waals surface area contributed by atoms with Gasteiger partial charge in [0.2, 0.25) is 0 Å². The van der Waals surface area contributed by atoms with Crippen LogP contribution < -0.4 is 0 Å². The molecule has 0 N–H and O–H groups in total. The van der Waals surface area contributed by atoms with E-state index in [0.717, 1.165) is 18.1 Å². The fraction of sp³-hybridized carbons (Fsp3) is 1.00. The molecule has 1 aliphatic rings. The van der Waals surface area contributed by atoms with Crippen molar-refractivity contribution in [3.05, 3.63) is 0 Å². The maximum atomic E-state index is 2.61. The third kappa shape index (κ3) is 3.74. The van der Waals surface area contributed by atoms with Crippen LogP contribution in [-0.4, -0.2) is 48.1 Å². The molecule has 0 saturated carbocycles. The average molecular weight is 226 g/mol. The highest BCUT2D eigenvalue weighted by Crippen LogP contribution is 2.20. The Morgan fingerprint density at radius 3 is 2.19 bits per heavy atom. The van der Waals surface area contributed by atoms with Crippen molar-refractivity contribution in [3.63, 3.8) is 0 Å². The van der Waals surface area contributed by atoms with Gasteiger partial charge < -0.3 is 9.80 Å². The van der Waals surface area contributed by atoms with Crippen LogP contribution in [-0.2, 0) is 0 Å². The van der Waals surface area contributed by atoms with Gasteiger partial charge in [0, 0.05) is 18.1 Å². The summed E-state index contributed by atoms with van der Waals surface area (Å²) >= 11 is 0. The summed E-state index contributed by atoms with van der Waals surface area (Å²) < 4.78 is 0. The van der Waals surface area contributed by atoms with Gasteiger partial charge in [-0.25, -0.2) is 0 Å². The van der Waals surface area contributed by atoms with Crippen molar-refractivity contribution >= 4 is 0 Å². The molecule has 16 heavy (non-hydrogen) atoms. The van der Waals surface area contributed by atoms with Crippen LogP contribution in [0.2, 0.25) is 0 Å². The maximum Gasteiger partial charge on any atom is 0.0119 e. The quantitative estimate of drug-likeness (QED) is 0.711. The highest BCUT2D eigenvalue weighted by atomic mass is 15.2. The minimum atomic E-state index is 0.722. The van der Waals surface area contributed by atoms with E-state index in [2.05, 4.69) is 44.5 Å². The third-order valence-corrected chi connectivity index (χ3v) is 4.21. The van der Waals surface area contributed by atoms with Crippen LogP contribution in [0.3, 0.4) is 0 Å². The second-order valence-corrected chi connectivity index (χ2v) is 5.66. The highest BCUT2D eigenvalue weighted by Gasteiger charge is 2.25. The molecular weight excluding hydrogens is 196 g/mol. The molecule has 0 aromatic heterocycles. The van der Waals surface area contributed by atoms with Gasteiger partial charge in [0.1, 0.15) is 0 Å². The van der Waals surface area contributed by atoms with Crippen molar-refractivity contribution in [2.45, 2.75) is 71.5 Å². The molecule has 1 saturated heterocycles. The number of piperidine rings is 1. The van der Waals surface area contributed by atoms with E-state index in [1.54, 1.807) is 0 Å². The fourth-order valence-electron chi connectivity index (χ4n) is 2.79. The summed E-state index contributed by atoms with van der Waals surface area (Å²) in [6, 6.07) is 2.29. The van der Waals surface area contributed by atoms with E-state index in [4.69, 9.17) is 0 Å². The lowest BCUT2D eigenvalue weighted by Crippen LogP contribution is -2.48. The summed E-state index contributed by atoms with van der Waals surface area (Å²) in [5.41, 5.74) is 0. The molecule has 0 aromatic carbocycles. The molecule has 0 bridgehead atoms. The van der Waals surface area contributed by atoms with Crippen LogP contribution in [0.4, 0.5) is 0 Å². The molecule has 1 unspecified atom stereocenters. The van der Waals surface area contributed by atoms with Crippen molar-refractivity contribution in [2.24, 2.45) is 0 Å². The van der Waals surface area contributed by atoms with E-state index in [1.807, 2.05) is 0 Å². The number of hydrogen-bond acceptors (Lipinski definition) is 2. The topological polar surface area (TPSA) is 6.48 Å². The van der Waals surface area contributed by atoms with Gasteiger partial charge in [0.25, 0.3) is 0 Å². The predicted molar refractivity (Wildman–Crippen MR) is 71.9 cm³/mol. The first-order chi connectivity index (χ1) is 7.56. The Labute approximate surface area is 102 Å². The van der Waals surface area contributed by atoms with E-state index in [-0.39, 0.29) is 0 Å². The van der Waals surface area contributed by atoms with Crippen molar-refractivity contribution in [3.8, 4) is 0 Å². The van der Waals surface area contributed by atoms with Gasteiger partial charge in [-0.3, -0.25) is 0 Å². The second-order valence-electron chi connectivity index (χ2n) is 5.66. The molecule has 96 valence electrons. The van der Waals surface area contributed by atoms with Gasteiger partial charge in [-0.2, -0.15) is 0 Å². The highest BCUT2D eigenvalue weighted by molar-refractivity contribution is 4.81. The zero-order chi connectivity index (χ0) is 12.1. The largest absolute Gasteiger partial charge is 0.301 e. The minimum absolute atomic E-state index is 0.722. The standard InChI is InChI=1S/C14H30N2/c1-6-7-13(4)15(5)14-8-10-16(11-9-14)12(2)3/h12-14H,6-11H2,1-5H3. The summed E-state index contributed by atoms with van der Waals surface area (Å²) in [5, 5.41) is 0. The molecule has 0 radical (unpaired) electrons. The van der Waals surface area contributed by atoms with Crippen LogP contribution in [0.15, 0.2) is 0 Å². The minimum Gasteiger partial charge on any atom is -0.301 e. The van der Waals surface area contributed by atoms with Gasteiger partial charge in [0.15, 0.2) is 0 Å². The first kappa shape index (κ1) is 14.0. The zero-order valence-electron chi connectivity index (χ0n) is 11.9. The molecule has 0 amide bonds. The molecule has 1 heterocycles. The second kappa shape index (κ2) is 6.61. The van der Waals surface area contributed by atoms with E-state index < -0.39 is 0 Å². The molecule has 1 atom stereocenters. The van der Waals surface area contributed by atoms with Gasteiger partial charge in [0.05, 0.1) is 0 Å². The Morgan fingerprint density at radius 2 is 1.75 bits per heavy atom. The molecule has 2 nitrogen and oxygen atoms in total. The Kier molecular flexibility index (Phi) is 5.77. The van der Waals surface area contributed by atoms with Gasteiger partial charge in [-0.05, 0) is 60.2 Å². The maximum absolute atomic E-state index is 2.61. The summed E-state index contributed by atoms with van der Waals surface area (Å²) in [6.07, 6.45) is 5.34. The molecule has 0 aromatic rings. The first-order valence-corrected chi connectivity index (χ1v) is 7.02. The van der Waals surface area contributed by atoms with Crippen molar-refractivity contribution in [1.82, 2.24) is 9.80 Å². The SMILES string of the molecule is CCCC(C)N(C)C1CCN(C(C)C)CC1. The molecule has 1 fully saturated rings. The van der Waals surface area contributed by atoms with E-state index >= 15 is 0 Å². The van der Waals surface area contributed by atoms with Crippen LogP contribution in [0.5, 0.6) is 0 Å². The first-order valence-electron chi connectivity index (χ1n) is 7.02. The lowest BCUT2D eigenvalue weighted by Gasteiger charge is -2.40. The molecule has 1 rings (SSSR count). The third-order valence-electron chi connectivity index (χ3n) is 4.21. The van der Waals surface area contributed by atoms with Gasteiger partial charge >= 0.3 is 0 Å². The number of likely N-dealkylation sites (tertiary alicyclic amines) is 1. The van der Waals surface area contributed by atoms with Crippen molar-refractivity contribution in [1.29, 1.82) is 0 Å². The molecule has 0 spiro atoms. The molecular formula is C14H30N2. The van der Waals surface area contributed by atoms with E-state index in [1.165, 1.54) is 38.8 Å². The van der Waals surface area contributed by atoms with E-state index in [0.29, 0.717) is 0 Å². The smallest absolute Gasteiger partial charge is 0.0119 e. The average Bonchev–Trinajstić information content (AvgIpc) is 2.28. The van der Waals surface area contributed by atoms with E-state index in [9.17, 15) is 0 Å². The molecule has 2 heteroatoms. The Hall–Kier alpha value is -0.0800. The monoisotopic (exact) mass is 226 g/mol. The summed E-state index contributed by atoms with van der Waals surface area (Å²) in [6.45, 7) is 11.8. The normalized spacial score (nSPS) is 21.9. The summed E-state index contributed by atoms with van der Waals surface area (Å²) in [4.78, 5) is 5.22. The predicted octanol–water partition coefficient (Wildman–Crippen LogP) is 2.98. The number of rotatable bonds is 5. The van der Waals surface area contributed by atoms with Gasteiger partial charge in [-0.15, -0.1) is 0 Å². The summed E-state index contributed by atoms with van der Waals surface area (Å²) in [7, 11) is 2.32. The molecule has 1 aliphatic heterocycles. The van der Waals surface area contributed by atoms with Gasteiger partial charge in [-0.1, -0.05) is 13.3 Å². The lowest BCUT2D eigenvalue weighted by atomic mass is 10.00. The van der Waals surface area contributed by atoms with Crippen molar-refractivity contribution < 1.29 is 0 Å². The van der Waals surface area contributed by atoms with Crippen LogP contribution >= 0.6 is 0 Å². The van der Waals surface area contributed by atoms with Crippen molar-refractivity contribution in [2.75, 3.05) is 20.1 Å². The van der Waals surface area contributed by atoms with Crippen LogP contribution in [0.25, 0.3) is 0 Å². The fourth-order valence-corrected chi connectivity index (χ4v) is 2.79. The lowest BCUT2D eigenvalue weighted by molar-refractivity contribution is 0.0842. The van der Waals surface area contributed by atoms with Crippen LogP contribution in [0, 0.1) is 0 Å².